The van der Waals surface area contributed by atoms with Crippen molar-refractivity contribution in [2.45, 2.75) is 31.3 Å². The normalized spacial score (nSPS) is 36.7. The molecule has 7 nitrogen and oxygen atoms in total. The summed E-state index contributed by atoms with van der Waals surface area (Å²) >= 11 is 0. The third-order valence-corrected chi connectivity index (χ3v) is 2.09. The Bertz CT molecular complexity index is 268. The van der Waals surface area contributed by atoms with E-state index in [2.05, 4.69) is 10.1 Å². The number of hydrogen-bond acceptors (Lipinski definition) is 6. The molecule has 1 saturated heterocycles. The molecule has 0 unspecified atom stereocenters. The Morgan fingerprint density at radius 2 is 2.00 bits per heavy atom. The van der Waals surface area contributed by atoms with Crippen LogP contribution >= 0.6 is 0 Å². The van der Waals surface area contributed by atoms with Crippen molar-refractivity contribution in [3.8, 4) is 0 Å². The zero-order valence-electron chi connectivity index (χ0n) is 8.08. The molecule has 0 radical (unpaired) electrons. The molecule has 7 heteroatoms. The SMILES string of the molecule is CC(=O)N[C@H]1C(=O)OC[C@@H](O)[C@H](O)[C@@H]1O. The summed E-state index contributed by atoms with van der Waals surface area (Å²) in [6.45, 7) is 0.751. The molecule has 86 valence electrons. The summed E-state index contributed by atoms with van der Waals surface area (Å²) in [5.74, 6) is -1.42. The third-order valence-electron chi connectivity index (χ3n) is 2.09. The number of carbonyl (C=O) groups excluding carboxylic acids is 2. The lowest BCUT2D eigenvalue weighted by atomic mass is 10.0. The first-order valence-corrected chi connectivity index (χ1v) is 4.41. The lowest BCUT2D eigenvalue weighted by molar-refractivity contribution is -0.150. The Morgan fingerprint density at radius 3 is 2.53 bits per heavy atom. The number of esters is 1. The minimum Gasteiger partial charge on any atom is -0.461 e. The molecule has 1 fully saturated rings. The van der Waals surface area contributed by atoms with E-state index in [4.69, 9.17) is 0 Å². The van der Waals surface area contributed by atoms with Crippen LogP contribution in [0.3, 0.4) is 0 Å². The van der Waals surface area contributed by atoms with Crippen LogP contribution in [-0.2, 0) is 14.3 Å². The fourth-order valence-corrected chi connectivity index (χ4v) is 1.28. The van der Waals surface area contributed by atoms with Gasteiger partial charge in [-0.1, -0.05) is 0 Å². The maximum Gasteiger partial charge on any atom is 0.331 e. The predicted molar refractivity (Wildman–Crippen MR) is 46.6 cm³/mol. The van der Waals surface area contributed by atoms with Gasteiger partial charge in [0.25, 0.3) is 0 Å². The monoisotopic (exact) mass is 219 g/mol. The molecular formula is C8H13NO6. The standard InChI is InChI=1S/C8H13NO6/c1-3(10)9-5-7(13)6(12)4(11)2-15-8(5)14/h4-7,11-13H,2H2,1H3,(H,9,10)/t4-,5-,6+,7-/m1/s1. The lowest BCUT2D eigenvalue weighted by Crippen LogP contribution is -2.53. The molecule has 0 aromatic heterocycles. The summed E-state index contributed by atoms with van der Waals surface area (Å²) in [7, 11) is 0. The number of nitrogens with one attached hydrogen (secondary N) is 1. The van der Waals surface area contributed by atoms with E-state index in [1.807, 2.05) is 0 Å². The van der Waals surface area contributed by atoms with Gasteiger partial charge >= 0.3 is 5.97 Å². The number of aliphatic hydroxyl groups excluding tert-OH is 3. The van der Waals surface area contributed by atoms with E-state index in [0.29, 0.717) is 0 Å². The van der Waals surface area contributed by atoms with Crippen LogP contribution in [0.4, 0.5) is 0 Å². The summed E-state index contributed by atoms with van der Waals surface area (Å²) in [6, 6.07) is -1.35. The first kappa shape index (κ1) is 11.9. The summed E-state index contributed by atoms with van der Waals surface area (Å²) in [4.78, 5) is 22.0. The highest BCUT2D eigenvalue weighted by atomic mass is 16.5. The van der Waals surface area contributed by atoms with Crippen molar-refractivity contribution in [3.05, 3.63) is 0 Å². The van der Waals surface area contributed by atoms with Crippen molar-refractivity contribution in [3.63, 3.8) is 0 Å². The number of cyclic esters (lactones) is 1. The molecule has 1 rings (SSSR count). The third kappa shape index (κ3) is 2.65. The molecule has 4 atom stereocenters. The zero-order valence-corrected chi connectivity index (χ0v) is 8.08. The van der Waals surface area contributed by atoms with E-state index in [1.54, 1.807) is 0 Å². The van der Waals surface area contributed by atoms with Gasteiger partial charge in [-0.2, -0.15) is 0 Å². The number of aliphatic hydroxyl groups is 3. The summed E-state index contributed by atoms with van der Waals surface area (Å²) in [6.07, 6.45) is -4.48. The molecule has 1 heterocycles. The minimum absolute atomic E-state index is 0.410. The van der Waals surface area contributed by atoms with Gasteiger partial charge in [0, 0.05) is 6.92 Å². The van der Waals surface area contributed by atoms with Crippen LogP contribution in [0.1, 0.15) is 6.92 Å². The molecule has 0 saturated carbocycles. The van der Waals surface area contributed by atoms with Crippen LogP contribution in [0, 0.1) is 0 Å². The Kier molecular flexibility index (Phi) is 3.61. The van der Waals surface area contributed by atoms with E-state index in [0.717, 1.165) is 6.92 Å². The molecule has 4 N–H and O–H groups in total. The summed E-state index contributed by atoms with van der Waals surface area (Å²) < 4.78 is 4.55. The smallest absolute Gasteiger partial charge is 0.331 e. The van der Waals surface area contributed by atoms with E-state index in [9.17, 15) is 24.9 Å². The molecule has 1 amide bonds. The Morgan fingerprint density at radius 1 is 1.40 bits per heavy atom. The first-order chi connectivity index (χ1) is 6.93. The van der Waals surface area contributed by atoms with E-state index in [1.165, 1.54) is 0 Å². The van der Waals surface area contributed by atoms with Crippen molar-refractivity contribution in [1.29, 1.82) is 0 Å². The van der Waals surface area contributed by atoms with Gasteiger partial charge < -0.3 is 25.4 Å². The van der Waals surface area contributed by atoms with Crippen LogP contribution in [0.5, 0.6) is 0 Å². The maximum absolute atomic E-state index is 11.2. The van der Waals surface area contributed by atoms with E-state index < -0.39 is 42.8 Å². The molecule has 0 aliphatic carbocycles. The second kappa shape index (κ2) is 4.56. The van der Waals surface area contributed by atoms with Crippen molar-refractivity contribution < 1.29 is 29.6 Å². The minimum atomic E-state index is -1.58. The van der Waals surface area contributed by atoms with Crippen LogP contribution < -0.4 is 5.32 Å². The number of carbonyl (C=O) groups is 2. The molecule has 1 aliphatic rings. The van der Waals surface area contributed by atoms with Gasteiger partial charge in [0.15, 0.2) is 6.04 Å². The quantitative estimate of drug-likeness (QED) is 0.352. The van der Waals surface area contributed by atoms with Gasteiger partial charge in [0.2, 0.25) is 5.91 Å². The Labute approximate surface area is 85.7 Å². The predicted octanol–water partition coefficient (Wildman–Crippen LogP) is -2.87. The number of hydrogen-bond donors (Lipinski definition) is 4. The van der Waals surface area contributed by atoms with Gasteiger partial charge in [-0.3, -0.25) is 4.79 Å². The lowest BCUT2D eigenvalue weighted by Gasteiger charge is -2.22. The fourth-order valence-electron chi connectivity index (χ4n) is 1.28. The van der Waals surface area contributed by atoms with Crippen molar-refractivity contribution >= 4 is 11.9 Å². The molecule has 0 aromatic rings. The molecule has 0 aromatic carbocycles. The molecule has 0 bridgehead atoms. The van der Waals surface area contributed by atoms with Crippen molar-refractivity contribution in [2.24, 2.45) is 0 Å². The van der Waals surface area contributed by atoms with Gasteiger partial charge in [-0.25, -0.2) is 4.79 Å². The topological polar surface area (TPSA) is 116 Å². The molecule has 0 spiro atoms. The number of ether oxygens (including phenoxy) is 1. The zero-order chi connectivity index (χ0) is 11.6. The largest absolute Gasteiger partial charge is 0.461 e. The Hall–Kier alpha value is -1.18. The van der Waals surface area contributed by atoms with Gasteiger partial charge in [-0.05, 0) is 0 Å². The van der Waals surface area contributed by atoms with Crippen LogP contribution in [-0.4, -0.2) is 58.2 Å². The van der Waals surface area contributed by atoms with E-state index >= 15 is 0 Å². The highest BCUT2D eigenvalue weighted by molar-refractivity contribution is 5.84. The second-order valence-corrected chi connectivity index (χ2v) is 3.36. The highest BCUT2D eigenvalue weighted by Crippen LogP contribution is 2.12. The van der Waals surface area contributed by atoms with E-state index in [-0.39, 0.29) is 0 Å². The summed E-state index contributed by atoms with van der Waals surface area (Å²) in [5, 5.41) is 30.2. The number of amides is 1. The second-order valence-electron chi connectivity index (χ2n) is 3.36. The fraction of sp³-hybridized carbons (Fsp3) is 0.750. The van der Waals surface area contributed by atoms with Crippen LogP contribution in [0.2, 0.25) is 0 Å². The van der Waals surface area contributed by atoms with Crippen LogP contribution in [0.15, 0.2) is 0 Å². The van der Waals surface area contributed by atoms with Gasteiger partial charge in [0.05, 0.1) is 0 Å². The molecular weight excluding hydrogens is 206 g/mol. The van der Waals surface area contributed by atoms with Crippen molar-refractivity contribution in [2.75, 3.05) is 6.61 Å². The summed E-state index contributed by atoms with van der Waals surface area (Å²) in [5.41, 5.74) is 0. The Balaban J connectivity index is 2.81. The van der Waals surface area contributed by atoms with Gasteiger partial charge in [0.1, 0.15) is 24.9 Å². The number of rotatable bonds is 1. The maximum atomic E-state index is 11.2. The molecule has 1 aliphatic heterocycles. The van der Waals surface area contributed by atoms with Gasteiger partial charge in [-0.15, -0.1) is 0 Å². The van der Waals surface area contributed by atoms with Crippen molar-refractivity contribution in [1.82, 2.24) is 5.32 Å². The average Bonchev–Trinajstić information content (AvgIpc) is 2.25. The average molecular weight is 219 g/mol. The van der Waals surface area contributed by atoms with Crippen LogP contribution in [0.25, 0.3) is 0 Å². The first-order valence-electron chi connectivity index (χ1n) is 4.41. The molecule has 15 heavy (non-hydrogen) atoms. The highest BCUT2D eigenvalue weighted by Gasteiger charge is 2.40.